The Morgan fingerprint density at radius 1 is 1.36 bits per heavy atom. The second-order valence-corrected chi connectivity index (χ2v) is 5.66. The molecular weight excluding hydrogens is 323 g/mol. The normalized spacial score (nSPS) is 11.1. The van der Waals surface area contributed by atoms with E-state index in [1.807, 2.05) is 13.8 Å². The first-order chi connectivity index (χ1) is 10.5. The predicted octanol–water partition coefficient (Wildman–Crippen LogP) is 3.42. The van der Waals surface area contributed by atoms with Crippen LogP contribution in [0.1, 0.15) is 28.9 Å². The third-order valence-corrected chi connectivity index (χ3v) is 3.92. The highest BCUT2D eigenvalue weighted by atomic mass is 35.5. The number of carbonyl (C=O) groups is 1. The van der Waals surface area contributed by atoms with Crippen molar-refractivity contribution in [1.29, 1.82) is 0 Å². The van der Waals surface area contributed by atoms with E-state index in [4.69, 9.17) is 23.2 Å². The van der Waals surface area contributed by atoms with Crippen molar-refractivity contribution >= 4 is 35.3 Å². The smallest absolute Gasteiger partial charge is 0.240 e. The lowest BCUT2D eigenvalue weighted by Gasteiger charge is -2.02. The molecule has 1 aromatic heterocycles. The van der Waals surface area contributed by atoms with Crippen LogP contribution < -0.4 is 5.43 Å². The summed E-state index contributed by atoms with van der Waals surface area (Å²) < 4.78 is 0. The van der Waals surface area contributed by atoms with Gasteiger partial charge in [-0.3, -0.25) is 9.89 Å². The second kappa shape index (κ2) is 7.42. The lowest BCUT2D eigenvalue weighted by atomic mass is 10.1. The first-order valence-electron chi connectivity index (χ1n) is 6.75. The van der Waals surface area contributed by atoms with E-state index in [9.17, 15) is 4.79 Å². The highest BCUT2D eigenvalue weighted by molar-refractivity contribution is 6.38. The highest BCUT2D eigenvalue weighted by Gasteiger charge is 2.09. The van der Waals surface area contributed by atoms with E-state index in [0.29, 0.717) is 28.5 Å². The van der Waals surface area contributed by atoms with E-state index in [-0.39, 0.29) is 5.91 Å². The molecule has 0 bridgehead atoms. The quantitative estimate of drug-likeness (QED) is 0.647. The van der Waals surface area contributed by atoms with Crippen molar-refractivity contribution in [2.45, 2.75) is 26.7 Å². The molecule has 0 aliphatic rings. The van der Waals surface area contributed by atoms with Crippen molar-refractivity contribution in [3.63, 3.8) is 0 Å². The topological polar surface area (TPSA) is 70.1 Å². The summed E-state index contributed by atoms with van der Waals surface area (Å²) in [4.78, 5) is 11.8. The highest BCUT2D eigenvalue weighted by Crippen LogP contribution is 2.22. The van der Waals surface area contributed by atoms with Crippen LogP contribution in [0.25, 0.3) is 0 Å². The molecule has 0 unspecified atom stereocenters. The summed E-state index contributed by atoms with van der Waals surface area (Å²) in [6.45, 7) is 3.85. The zero-order valence-electron chi connectivity index (χ0n) is 12.3. The first kappa shape index (κ1) is 16.5. The van der Waals surface area contributed by atoms with Crippen LogP contribution in [0, 0.1) is 13.8 Å². The van der Waals surface area contributed by atoms with Gasteiger partial charge in [0.25, 0.3) is 0 Å². The van der Waals surface area contributed by atoms with Gasteiger partial charge in [-0.15, -0.1) is 0 Å². The molecule has 0 aliphatic carbocycles. The number of aromatic amines is 1. The van der Waals surface area contributed by atoms with Crippen molar-refractivity contribution in [3.05, 3.63) is 50.8 Å². The lowest BCUT2D eigenvalue weighted by Crippen LogP contribution is -2.18. The molecule has 0 radical (unpaired) electrons. The molecule has 1 heterocycles. The number of aryl methyl sites for hydroxylation is 2. The van der Waals surface area contributed by atoms with Gasteiger partial charge in [-0.2, -0.15) is 10.2 Å². The van der Waals surface area contributed by atoms with Gasteiger partial charge in [0.1, 0.15) is 0 Å². The molecule has 0 saturated carbocycles. The van der Waals surface area contributed by atoms with Crippen LogP contribution in [0.15, 0.2) is 23.3 Å². The van der Waals surface area contributed by atoms with Crippen LogP contribution >= 0.6 is 23.2 Å². The molecule has 2 N–H and O–H groups in total. The van der Waals surface area contributed by atoms with Gasteiger partial charge in [0.15, 0.2) is 0 Å². The number of amides is 1. The predicted molar refractivity (Wildman–Crippen MR) is 88.6 cm³/mol. The Hall–Kier alpha value is -1.85. The van der Waals surface area contributed by atoms with Crippen molar-refractivity contribution in [2.75, 3.05) is 0 Å². The minimum atomic E-state index is -0.181. The van der Waals surface area contributed by atoms with Gasteiger partial charge in [0, 0.05) is 17.7 Å². The number of carbonyl (C=O) groups excluding carboxylic acids is 1. The van der Waals surface area contributed by atoms with Gasteiger partial charge in [0.05, 0.1) is 22.0 Å². The van der Waals surface area contributed by atoms with E-state index in [1.165, 1.54) is 6.21 Å². The molecule has 1 amide bonds. The number of nitrogens with zero attached hydrogens (tertiary/aromatic N) is 2. The number of halogens is 2. The Morgan fingerprint density at radius 3 is 2.64 bits per heavy atom. The molecule has 0 aliphatic heterocycles. The largest absolute Gasteiger partial charge is 0.282 e. The van der Waals surface area contributed by atoms with E-state index < -0.39 is 0 Å². The molecule has 2 aromatic rings. The SMILES string of the molecule is Cc1n[nH]c(C)c1CCC(=O)N/N=C\c1c(Cl)cccc1Cl. The summed E-state index contributed by atoms with van der Waals surface area (Å²) in [5, 5.41) is 11.9. The second-order valence-electron chi connectivity index (χ2n) is 4.84. The number of hydrogen-bond donors (Lipinski definition) is 2. The third-order valence-electron chi connectivity index (χ3n) is 3.27. The molecule has 5 nitrogen and oxygen atoms in total. The fraction of sp³-hybridized carbons (Fsp3) is 0.267. The van der Waals surface area contributed by atoms with Crippen molar-refractivity contribution in [1.82, 2.24) is 15.6 Å². The fourth-order valence-corrected chi connectivity index (χ4v) is 2.53. The average Bonchev–Trinajstić information content (AvgIpc) is 2.79. The van der Waals surface area contributed by atoms with Gasteiger partial charge in [-0.25, -0.2) is 5.43 Å². The zero-order chi connectivity index (χ0) is 16.1. The summed E-state index contributed by atoms with van der Waals surface area (Å²) in [7, 11) is 0. The van der Waals surface area contributed by atoms with Gasteiger partial charge in [0.2, 0.25) is 5.91 Å². The number of rotatable bonds is 5. The zero-order valence-corrected chi connectivity index (χ0v) is 13.8. The maximum Gasteiger partial charge on any atom is 0.240 e. The molecule has 116 valence electrons. The van der Waals surface area contributed by atoms with Gasteiger partial charge in [-0.05, 0) is 38.0 Å². The summed E-state index contributed by atoms with van der Waals surface area (Å²) >= 11 is 12.0. The van der Waals surface area contributed by atoms with Crippen molar-refractivity contribution in [2.24, 2.45) is 5.10 Å². The van der Waals surface area contributed by atoms with Crippen LogP contribution in [0.4, 0.5) is 0 Å². The van der Waals surface area contributed by atoms with Crippen LogP contribution in [0.3, 0.4) is 0 Å². The third kappa shape index (κ3) is 4.08. The molecule has 22 heavy (non-hydrogen) atoms. The molecule has 0 spiro atoms. The van der Waals surface area contributed by atoms with Crippen molar-refractivity contribution < 1.29 is 4.79 Å². The summed E-state index contributed by atoms with van der Waals surface area (Å²) in [5.74, 6) is -0.181. The average molecular weight is 339 g/mol. The number of nitrogens with one attached hydrogen (secondary N) is 2. The Kier molecular flexibility index (Phi) is 5.57. The first-order valence-corrected chi connectivity index (χ1v) is 7.51. The number of hydrazone groups is 1. The molecule has 2 rings (SSSR count). The Bertz CT molecular complexity index is 670. The number of hydrogen-bond acceptors (Lipinski definition) is 3. The minimum absolute atomic E-state index is 0.181. The number of aromatic nitrogens is 2. The van der Waals surface area contributed by atoms with Gasteiger partial charge < -0.3 is 0 Å². The number of H-pyrrole nitrogens is 1. The number of benzene rings is 1. The Balaban J connectivity index is 1.89. The van der Waals surface area contributed by atoms with E-state index in [0.717, 1.165) is 17.0 Å². The standard InChI is InChI=1S/C15H16Cl2N4O/c1-9-11(10(2)20-19-9)6-7-15(22)21-18-8-12-13(16)4-3-5-14(12)17/h3-5,8H,6-7H2,1-2H3,(H,19,20)(H,21,22)/b18-8-. The Labute approximate surface area is 138 Å². The molecule has 0 saturated heterocycles. The molecule has 0 fully saturated rings. The Morgan fingerprint density at radius 2 is 2.05 bits per heavy atom. The monoisotopic (exact) mass is 338 g/mol. The maximum atomic E-state index is 11.8. The molecule has 7 heteroatoms. The summed E-state index contributed by atoms with van der Waals surface area (Å²) in [6.07, 6.45) is 2.38. The summed E-state index contributed by atoms with van der Waals surface area (Å²) in [5.41, 5.74) is 6.01. The van der Waals surface area contributed by atoms with Crippen molar-refractivity contribution in [3.8, 4) is 0 Å². The van der Waals surface area contributed by atoms with Crippen LogP contribution in [-0.2, 0) is 11.2 Å². The lowest BCUT2D eigenvalue weighted by molar-refractivity contribution is -0.121. The molecular formula is C15H16Cl2N4O. The van der Waals surface area contributed by atoms with Gasteiger partial charge >= 0.3 is 0 Å². The van der Waals surface area contributed by atoms with Crippen LogP contribution in [-0.4, -0.2) is 22.3 Å². The van der Waals surface area contributed by atoms with E-state index in [2.05, 4.69) is 20.7 Å². The van der Waals surface area contributed by atoms with Gasteiger partial charge in [-0.1, -0.05) is 29.3 Å². The molecule has 1 aromatic carbocycles. The van der Waals surface area contributed by atoms with E-state index >= 15 is 0 Å². The maximum absolute atomic E-state index is 11.8. The molecule has 0 atom stereocenters. The summed E-state index contributed by atoms with van der Waals surface area (Å²) in [6, 6.07) is 5.16. The van der Waals surface area contributed by atoms with Crippen LogP contribution in [0.5, 0.6) is 0 Å². The van der Waals surface area contributed by atoms with Crippen LogP contribution in [0.2, 0.25) is 10.0 Å². The minimum Gasteiger partial charge on any atom is -0.282 e. The fourth-order valence-electron chi connectivity index (χ4n) is 2.04. The van der Waals surface area contributed by atoms with E-state index in [1.54, 1.807) is 18.2 Å².